The molecule has 0 amide bonds. The van der Waals surface area contributed by atoms with Gasteiger partial charge in [0.1, 0.15) is 5.60 Å². The van der Waals surface area contributed by atoms with Gasteiger partial charge in [-0.15, -0.1) is 0 Å². The zero-order valence-electron chi connectivity index (χ0n) is 33.3. The van der Waals surface area contributed by atoms with E-state index < -0.39 is 28.5 Å². The topological polar surface area (TPSA) is 135 Å². The van der Waals surface area contributed by atoms with Gasteiger partial charge in [-0.25, -0.2) is 4.79 Å². The van der Waals surface area contributed by atoms with Crippen LogP contribution in [-0.2, 0) is 42.9 Å². The van der Waals surface area contributed by atoms with Crippen LogP contribution in [0.25, 0.3) is 0 Å². The summed E-state index contributed by atoms with van der Waals surface area (Å²) in [5.41, 5.74) is -1.80. The molecule has 9 aliphatic rings. The van der Waals surface area contributed by atoms with Crippen molar-refractivity contribution >= 4 is 23.9 Å². The van der Waals surface area contributed by atoms with E-state index in [-0.39, 0.29) is 36.2 Å². The molecule has 0 aromatic rings. The fraction of sp³-hybridized carbons (Fsp3) is 0.905. The number of carbonyl (C=O) groups is 4. The highest BCUT2D eigenvalue weighted by molar-refractivity contribution is 5.82. The normalized spacial score (nSPS) is 37.2. The first-order valence-electron chi connectivity index (χ1n) is 20.5. The number of esters is 4. The lowest BCUT2D eigenvalue weighted by Crippen LogP contribution is -2.60. The van der Waals surface area contributed by atoms with E-state index in [1.165, 1.54) is 38.5 Å². The van der Waals surface area contributed by atoms with Crippen LogP contribution in [0.3, 0.4) is 0 Å². The summed E-state index contributed by atoms with van der Waals surface area (Å²) in [6.45, 7) is 15.8. The average molecular weight is 733 g/mol. The first-order valence-corrected chi connectivity index (χ1v) is 20.5. The first-order chi connectivity index (χ1) is 24.4. The van der Waals surface area contributed by atoms with Gasteiger partial charge < -0.3 is 28.8 Å². The number of cyclic esters (lactones) is 1. The Bertz CT molecular complexity index is 1250. The molecule has 0 aromatic heterocycles. The number of hydrogen-bond acceptors (Lipinski definition) is 10. The second kappa shape index (κ2) is 16.3. The van der Waals surface area contributed by atoms with Crippen molar-refractivity contribution in [1.29, 1.82) is 0 Å². The van der Waals surface area contributed by atoms with Gasteiger partial charge in [0, 0.05) is 12.8 Å². The van der Waals surface area contributed by atoms with Crippen molar-refractivity contribution in [3.05, 3.63) is 0 Å². The van der Waals surface area contributed by atoms with Gasteiger partial charge in [0.2, 0.25) is 6.10 Å². The number of aliphatic hydroxyl groups is 1. The van der Waals surface area contributed by atoms with Crippen molar-refractivity contribution in [3.63, 3.8) is 0 Å². The van der Waals surface area contributed by atoms with E-state index in [1.807, 2.05) is 41.5 Å². The van der Waals surface area contributed by atoms with Crippen molar-refractivity contribution in [3.8, 4) is 0 Å². The summed E-state index contributed by atoms with van der Waals surface area (Å²) in [6, 6.07) is 0. The molecule has 10 heteroatoms. The second-order valence-corrected chi connectivity index (χ2v) is 19.0. The summed E-state index contributed by atoms with van der Waals surface area (Å²) in [6.07, 6.45) is 15.0. The molecule has 8 bridgehead atoms. The zero-order chi connectivity index (χ0) is 38.1. The van der Waals surface area contributed by atoms with Crippen molar-refractivity contribution in [2.75, 3.05) is 13.4 Å². The lowest BCUT2D eigenvalue weighted by Gasteiger charge is -2.59. The summed E-state index contributed by atoms with van der Waals surface area (Å²) in [7, 11) is 0. The Hall–Kier alpha value is -2.20. The Balaban J connectivity index is 0.000000153. The van der Waals surface area contributed by atoms with E-state index in [0.717, 1.165) is 62.2 Å². The van der Waals surface area contributed by atoms with Crippen molar-refractivity contribution in [2.24, 2.45) is 52.3 Å². The molecule has 1 aliphatic heterocycles. The number of rotatable bonds is 11. The molecular weight excluding hydrogens is 664 g/mol. The van der Waals surface area contributed by atoms with Crippen molar-refractivity contribution in [2.45, 2.75) is 175 Å². The molecule has 1 saturated heterocycles. The molecule has 52 heavy (non-hydrogen) atoms. The van der Waals surface area contributed by atoms with Crippen LogP contribution < -0.4 is 0 Å². The number of hydrogen-bond donors (Lipinski definition) is 1. The van der Waals surface area contributed by atoms with Crippen LogP contribution in [0.4, 0.5) is 0 Å². The van der Waals surface area contributed by atoms with Gasteiger partial charge in [0.25, 0.3) is 0 Å². The lowest BCUT2D eigenvalue weighted by atomic mass is 9.52. The molecule has 4 atom stereocenters. The van der Waals surface area contributed by atoms with Crippen LogP contribution >= 0.6 is 0 Å². The molecule has 8 aliphatic carbocycles. The molecule has 4 unspecified atom stereocenters. The Morgan fingerprint density at radius 3 is 1.85 bits per heavy atom. The Labute approximate surface area is 312 Å². The van der Waals surface area contributed by atoms with Crippen LogP contribution in [0.15, 0.2) is 0 Å². The van der Waals surface area contributed by atoms with Gasteiger partial charge in [-0.1, -0.05) is 27.7 Å². The van der Waals surface area contributed by atoms with E-state index >= 15 is 0 Å². The van der Waals surface area contributed by atoms with E-state index in [1.54, 1.807) is 13.8 Å². The van der Waals surface area contributed by atoms with E-state index in [9.17, 15) is 24.3 Å². The minimum absolute atomic E-state index is 0.0207. The number of ether oxygens (including phenoxy) is 5. The molecule has 1 heterocycles. The van der Waals surface area contributed by atoms with Gasteiger partial charge in [-0.2, -0.15) is 0 Å². The molecule has 9 rings (SSSR count). The molecule has 8 saturated carbocycles. The monoisotopic (exact) mass is 732 g/mol. The zero-order valence-corrected chi connectivity index (χ0v) is 33.3. The summed E-state index contributed by atoms with van der Waals surface area (Å²) < 4.78 is 27.0. The maximum Gasteiger partial charge on any atom is 0.347 e. The molecule has 296 valence electrons. The summed E-state index contributed by atoms with van der Waals surface area (Å²) in [5, 5.41) is 10.6. The number of carbonyl (C=O) groups excluding carboxylic acids is 4. The van der Waals surface area contributed by atoms with E-state index in [0.29, 0.717) is 43.8 Å². The Morgan fingerprint density at radius 1 is 0.827 bits per heavy atom. The molecule has 10 nitrogen and oxygen atoms in total. The average Bonchev–Trinajstić information content (AvgIpc) is 3.47. The highest BCUT2D eigenvalue weighted by Gasteiger charge is 2.59. The summed E-state index contributed by atoms with van der Waals surface area (Å²) in [5.74, 6) is 3.53. The third-order valence-electron chi connectivity index (χ3n) is 13.9. The Morgan fingerprint density at radius 2 is 1.37 bits per heavy atom. The smallest absolute Gasteiger partial charge is 0.347 e. The first kappa shape index (κ1) is 41.0. The maximum absolute atomic E-state index is 12.1. The highest BCUT2D eigenvalue weighted by Crippen LogP contribution is 2.59. The van der Waals surface area contributed by atoms with E-state index in [4.69, 9.17) is 23.7 Å². The Kier molecular flexibility index (Phi) is 12.8. The molecule has 9 fully saturated rings. The van der Waals surface area contributed by atoms with Crippen LogP contribution in [-0.4, -0.2) is 65.8 Å². The molecule has 0 aromatic carbocycles. The second-order valence-electron chi connectivity index (χ2n) is 19.0. The predicted molar refractivity (Wildman–Crippen MR) is 194 cm³/mol. The molecule has 0 radical (unpaired) electrons. The van der Waals surface area contributed by atoms with Crippen LogP contribution in [0.2, 0.25) is 0 Å². The van der Waals surface area contributed by atoms with Gasteiger partial charge >= 0.3 is 23.9 Å². The minimum atomic E-state index is -0.687. The van der Waals surface area contributed by atoms with Crippen molar-refractivity contribution < 1.29 is 48.0 Å². The molecule has 0 spiro atoms. The quantitative estimate of drug-likeness (QED) is 0.128. The largest absolute Gasteiger partial charge is 0.463 e. The predicted octanol–water partition coefficient (Wildman–Crippen LogP) is 7.71. The van der Waals surface area contributed by atoms with Gasteiger partial charge in [-0.05, 0) is 147 Å². The van der Waals surface area contributed by atoms with Crippen LogP contribution in [0.1, 0.15) is 152 Å². The maximum atomic E-state index is 12.1. The fourth-order valence-electron chi connectivity index (χ4n) is 10.4. The van der Waals surface area contributed by atoms with Crippen LogP contribution in [0.5, 0.6) is 0 Å². The third-order valence-corrected chi connectivity index (χ3v) is 13.9. The highest BCUT2D eigenvalue weighted by atomic mass is 16.7. The lowest BCUT2D eigenvalue weighted by molar-refractivity contribution is -0.222. The van der Waals surface area contributed by atoms with Crippen LogP contribution in [0, 0.1) is 52.3 Å². The molecular formula is C42H68O10. The summed E-state index contributed by atoms with van der Waals surface area (Å²) >= 11 is 0. The fourth-order valence-corrected chi connectivity index (χ4v) is 10.4. The standard InChI is InChI=1S/C17H28O3.C15H24O3.C10H16O4/c1-4-17(2,3)16(18)20-10-19-15-13-6-11-5-12(8-13)9-14(15)7-11;1-3-10(2)13(16)18-15-7-11-4-12(8-15)6-14(17,5-11)9-15;1-4-10(2,3)9(12)14-7-5-6-13-8(7)11/h11-15H,4-10H2,1-3H3;10-12,17H,3-9H2,1-2H3;7H,4-6H2,1-3H3. The van der Waals surface area contributed by atoms with Crippen molar-refractivity contribution in [1.82, 2.24) is 0 Å². The SMILES string of the molecule is CCC(C)(C)C(=O)OC1CCOC1=O.CCC(C)(C)C(=O)OCOC1C2CC3CC(C2)CC1C3.CCC(C)C(=O)OC12CC3CC(CC(O)(C3)C1)C2. The summed E-state index contributed by atoms with van der Waals surface area (Å²) in [4.78, 5) is 46.6. The van der Waals surface area contributed by atoms with Gasteiger partial charge in [0.15, 0.2) is 6.79 Å². The van der Waals surface area contributed by atoms with E-state index in [2.05, 4.69) is 0 Å². The van der Waals surface area contributed by atoms with Gasteiger partial charge in [0.05, 0.1) is 35.1 Å². The third kappa shape index (κ3) is 9.53. The molecule has 1 N–H and O–H groups in total. The minimum Gasteiger partial charge on any atom is -0.463 e. The van der Waals surface area contributed by atoms with Gasteiger partial charge in [-0.3, -0.25) is 14.4 Å².